The van der Waals surface area contributed by atoms with Gasteiger partial charge in [0.15, 0.2) is 0 Å². The Morgan fingerprint density at radius 3 is 2.61 bits per heavy atom. The summed E-state index contributed by atoms with van der Waals surface area (Å²) in [5.41, 5.74) is 2.54. The van der Waals surface area contributed by atoms with Gasteiger partial charge < -0.3 is 5.32 Å². The van der Waals surface area contributed by atoms with Gasteiger partial charge in [-0.2, -0.15) is 5.26 Å². The lowest BCUT2D eigenvalue weighted by Crippen LogP contribution is -2.25. The molecule has 0 spiro atoms. The van der Waals surface area contributed by atoms with E-state index < -0.39 is 0 Å². The van der Waals surface area contributed by atoms with E-state index in [-0.39, 0.29) is 5.41 Å². The molecule has 0 bridgehead atoms. The average molecular weight is 245 g/mol. The van der Waals surface area contributed by atoms with Crippen molar-refractivity contribution in [2.75, 3.05) is 0 Å². The Morgan fingerprint density at radius 2 is 2.11 bits per heavy atom. The molecule has 0 aliphatic heterocycles. The van der Waals surface area contributed by atoms with E-state index in [2.05, 4.69) is 51.0 Å². The summed E-state index contributed by atoms with van der Waals surface area (Å²) in [4.78, 5) is 4.46. The van der Waals surface area contributed by atoms with Crippen molar-refractivity contribution in [3.05, 3.63) is 29.1 Å². The van der Waals surface area contributed by atoms with Crippen LogP contribution >= 0.6 is 0 Å². The molecule has 0 aliphatic rings. The van der Waals surface area contributed by atoms with Crippen LogP contribution in [0.15, 0.2) is 12.3 Å². The quantitative estimate of drug-likeness (QED) is 0.886. The molecular weight excluding hydrogens is 222 g/mol. The van der Waals surface area contributed by atoms with Crippen LogP contribution in [0.25, 0.3) is 0 Å². The SMILES string of the molecule is CC[C@@H](C)NCc1cnc(C(C)(C)C)c(C#N)c1. The van der Waals surface area contributed by atoms with E-state index in [1.165, 1.54) is 0 Å². The standard InChI is InChI=1S/C15H23N3/c1-6-11(2)17-9-12-7-13(8-16)14(18-10-12)15(3,4)5/h7,10-11,17H,6,9H2,1-5H3/t11-/m1/s1. The topological polar surface area (TPSA) is 48.7 Å². The van der Waals surface area contributed by atoms with Crippen molar-refractivity contribution in [1.82, 2.24) is 10.3 Å². The monoisotopic (exact) mass is 245 g/mol. The van der Waals surface area contributed by atoms with Crippen LogP contribution in [0, 0.1) is 11.3 Å². The van der Waals surface area contributed by atoms with Gasteiger partial charge in [-0.1, -0.05) is 27.7 Å². The Bertz CT molecular complexity index is 438. The van der Waals surface area contributed by atoms with Gasteiger partial charge in [0.05, 0.1) is 11.3 Å². The maximum Gasteiger partial charge on any atom is 0.101 e. The molecule has 0 fully saturated rings. The van der Waals surface area contributed by atoms with Crippen molar-refractivity contribution in [2.24, 2.45) is 0 Å². The summed E-state index contributed by atoms with van der Waals surface area (Å²) >= 11 is 0. The van der Waals surface area contributed by atoms with E-state index in [1.54, 1.807) is 0 Å². The molecule has 1 aromatic heterocycles. The molecule has 0 saturated heterocycles. The Hall–Kier alpha value is -1.40. The van der Waals surface area contributed by atoms with Gasteiger partial charge in [-0.3, -0.25) is 4.98 Å². The molecule has 3 nitrogen and oxygen atoms in total. The van der Waals surface area contributed by atoms with E-state index in [4.69, 9.17) is 0 Å². The Kier molecular flexibility index (Phi) is 4.86. The predicted molar refractivity (Wildman–Crippen MR) is 74.2 cm³/mol. The van der Waals surface area contributed by atoms with Gasteiger partial charge in [-0.05, 0) is 25.0 Å². The fourth-order valence-corrected chi connectivity index (χ4v) is 1.72. The molecular formula is C15H23N3. The molecule has 0 radical (unpaired) electrons. The zero-order valence-corrected chi connectivity index (χ0v) is 12.0. The fraction of sp³-hybridized carbons (Fsp3) is 0.600. The number of nitriles is 1. The summed E-state index contributed by atoms with van der Waals surface area (Å²) in [6.07, 6.45) is 2.97. The van der Waals surface area contributed by atoms with Gasteiger partial charge in [0, 0.05) is 24.2 Å². The number of hydrogen-bond acceptors (Lipinski definition) is 3. The van der Waals surface area contributed by atoms with Crippen LogP contribution in [0.5, 0.6) is 0 Å². The largest absolute Gasteiger partial charge is 0.310 e. The van der Waals surface area contributed by atoms with Crippen molar-refractivity contribution in [3.8, 4) is 6.07 Å². The highest BCUT2D eigenvalue weighted by Gasteiger charge is 2.19. The zero-order valence-electron chi connectivity index (χ0n) is 12.0. The Balaban J connectivity index is 2.90. The van der Waals surface area contributed by atoms with Crippen molar-refractivity contribution >= 4 is 0 Å². The first-order chi connectivity index (χ1) is 8.38. The lowest BCUT2D eigenvalue weighted by molar-refractivity contribution is 0.531. The third-order valence-corrected chi connectivity index (χ3v) is 3.04. The van der Waals surface area contributed by atoms with Gasteiger partial charge in [-0.15, -0.1) is 0 Å². The average Bonchev–Trinajstić information content (AvgIpc) is 2.34. The number of nitrogens with one attached hydrogen (secondary N) is 1. The minimum atomic E-state index is -0.0896. The first-order valence-electron chi connectivity index (χ1n) is 6.51. The summed E-state index contributed by atoms with van der Waals surface area (Å²) in [6, 6.07) is 4.69. The van der Waals surface area contributed by atoms with Crippen molar-refractivity contribution < 1.29 is 0 Å². The van der Waals surface area contributed by atoms with Crippen molar-refractivity contribution in [1.29, 1.82) is 5.26 Å². The fourth-order valence-electron chi connectivity index (χ4n) is 1.72. The second kappa shape index (κ2) is 5.97. The second-order valence-corrected chi connectivity index (χ2v) is 5.79. The van der Waals surface area contributed by atoms with Crippen LogP contribution in [-0.4, -0.2) is 11.0 Å². The summed E-state index contributed by atoms with van der Waals surface area (Å²) in [5, 5.41) is 12.6. The van der Waals surface area contributed by atoms with Crippen LogP contribution in [0.1, 0.15) is 57.9 Å². The van der Waals surface area contributed by atoms with Crippen LogP contribution in [-0.2, 0) is 12.0 Å². The van der Waals surface area contributed by atoms with Crippen LogP contribution in [0.4, 0.5) is 0 Å². The first kappa shape index (κ1) is 14.7. The third kappa shape index (κ3) is 3.82. The molecule has 1 aromatic rings. The van der Waals surface area contributed by atoms with Crippen molar-refractivity contribution in [2.45, 2.75) is 59.0 Å². The molecule has 18 heavy (non-hydrogen) atoms. The predicted octanol–water partition coefficient (Wildman–Crippen LogP) is 3.14. The van der Waals surface area contributed by atoms with E-state index in [0.29, 0.717) is 11.6 Å². The number of pyridine rings is 1. The molecule has 0 aliphatic carbocycles. The maximum atomic E-state index is 9.22. The van der Waals surface area contributed by atoms with Gasteiger partial charge in [0.2, 0.25) is 0 Å². The van der Waals surface area contributed by atoms with Gasteiger partial charge in [-0.25, -0.2) is 0 Å². The smallest absolute Gasteiger partial charge is 0.101 e. The Labute approximate surface area is 110 Å². The van der Waals surface area contributed by atoms with E-state index >= 15 is 0 Å². The summed E-state index contributed by atoms with van der Waals surface area (Å²) in [6.45, 7) is 11.3. The molecule has 0 unspecified atom stereocenters. The first-order valence-corrected chi connectivity index (χ1v) is 6.51. The van der Waals surface area contributed by atoms with Gasteiger partial charge in [0.25, 0.3) is 0 Å². The minimum Gasteiger partial charge on any atom is -0.310 e. The molecule has 98 valence electrons. The van der Waals surface area contributed by atoms with Crippen molar-refractivity contribution in [3.63, 3.8) is 0 Å². The number of nitrogens with zero attached hydrogens (tertiary/aromatic N) is 2. The molecule has 0 aromatic carbocycles. The maximum absolute atomic E-state index is 9.22. The summed E-state index contributed by atoms with van der Waals surface area (Å²) < 4.78 is 0. The lowest BCUT2D eigenvalue weighted by atomic mass is 9.88. The van der Waals surface area contributed by atoms with E-state index in [1.807, 2.05) is 12.3 Å². The number of hydrogen-bond donors (Lipinski definition) is 1. The number of aromatic nitrogens is 1. The molecule has 1 rings (SSSR count). The molecule has 0 saturated carbocycles. The van der Waals surface area contributed by atoms with Gasteiger partial charge >= 0.3 is 0 Å². The molecule has 3 heteroatoms. The van der Waals surface area contributed by atoms with Gasteiger partial charge in [0.1, 0.15) is 6.07 Å². The molecule has 1 heterocycles. The van der Waals surface area contributed by atoms with Crippen LogP contribution in [0.3, 0.4) is 0 Å². The highest BCUT2D eigenvalue weighted by Crippen LogP contribution is 2.23. The summed E-state index contributed by atoms with van der Waals surface area (Å²) in [5.74, 6) is 0. The second-order valence-electron chi connectivity index (χ2n) is 5.79. The normalized spacial score (nSPS) is 13.1. The third-order valence-electron chi connectivity index (χ3n) is 3.04. The zero-order chi connectivity index (χ0) is 13.8. The van der Waals surface area contributed by atoms with Crippen LogP contribution < -0.4 is 5.32 Å². The number of rotatable bonds is 4. The highest BCUT2D eigenvalue weighted by atomic mass is 14.9. The Morgan fingerprint density at radius 1 is 1.44 bits per heavy atom. The lowest BCUT2D eigenvalue weighted by Gasteiger charge is -2.19. The highest BCUT2D eigenvalue weighted by molar-refractivity contribution is 5.39. The summed E-state index contributed by atoms with van der Waals surface area (Å²) in [7, 11) is 0. The van der Waals surface area contributed by atoms with Crippen LogP contribution in [0.2, 0.25) is 0 Å². The molecule has 1 N–H and O–H groups in total. The van der Waals surface area contributed by atoms with E-state index in [0.717, 1.165) is 24.2 Å². The molecule has 0 amide bonds. The minimum absolute atomic E-state index is 0.0896. The molecule has 1 atom stereocenters. The van der Waals surface area contributed by atoms with E-state index in [9.17, 15) is 5.26 Å².